The number of ketones is 1. The molecule has 0 spiro atoms. The lowest BCUT2D eigenvalue weighted by molar-refractivity contribution is -0.424. The third kappa shape index (κ3) is 3.11. The summed E-state index contributed by atoms with van der Waals surface area (Å²) in [4.78, 5) is 11.4. The molecule has 1 unspecified atom stereocenters. The van der Waals surface area contributed by atoms with E-state index in [1.807, 2.05) is 0 Å². The molecule has 0 aliphatic heterocycles. The number of halogens is 12. The predicted octanol–water partition coefficient (Wildman–Crippen LogP) is 5.31. The van der Waals surface area contributed by atoms with E-state index in [1.54, 1.807) is 0 Å². The molecule has 0 saturated heterocycles. The van der Waals surface area contributed by atoms with Crippen LogP contribution in [0.4, 0.5) is 52.7 Å². The normalized spacial score (nSPS) is 15.7. The van der Waals surface area contributed by atoms with Gasteiger partial charge in [0.25, 0.3) is 0 Å². The maximum Gasteiger partial charge on any atom is 0.460 e. The Hall–Kier alpha value is -1.95. The van der Waals surface area contributed by atoms with E-state index in [0.717, 1.165) is 18.2 Å². The molecule has 0 N–H and O–H groups in total. The van der Waals surface area contributed by atoms with Crippen molar-refractivity contribution in [2.75, 3.05) is 0 Å². The van der Waals surface area contributed by atoms with E-state index in [4.69, 9.17) is 0 Å². The highest BCUT2D eigenvalue weighted by Gasteiger charge is 2.88. The van der Waals surface area contributed by atoms with Crippen LogP contribution in [0.1, 0.15) is 10.4 Å². The van der Waals surface area contributed by atoms with Crippen LogP contribution in [0, 0.1) is 0 Å². The van der Waals surface area contributed by atoms with Crippen molar-refractivity contribution in [1.82, 2.24) is 0 Å². The zero-order valence-electron chi connectivity index (χ0n) is 11.9. The van der Waals surface area contributed by atoms with Gasteiger partial charge in [-0.3, -0.25) is 4.79 Å². The SMILES string of the molecule is O=C(c1ccccc1)C(F)C(F)(F)C(F)(F)C(F)(F)C(F)(F)C(F)(F)F. The second-order valence-electron chi connectivity index (χ2n) is 4.94. The molecule has 0 aromatic heterocycles. The summed E-state index contributed by atoms with van der Waals surface area (Å²) in [6.07, 6.45) is -12.2. The van der Waals surface area contributed by atoms with Crippen molar-refractivity contribution in [1.29, 1.82) is 0 Å². The summed E-state index contributed by atoms with van der Waals surface area (Å²) in [6, 6.07) is 4.23. The van der Waals surface area contributed by atoms with Gasteiger partial charge in [-0.25, -0.2) is 4.39 Å². The quantitative estimate of drug-likeness (QED) is 0.462. The van der Waals surface area contributed by atoms with Crippen molar-refractivity contribution in [3.63, 3.8) is 0 Å². The first kappa shape index (κ1) is 22.1. The highest BCUT2D eigenvalue weighted by atomic mass is 19.4. The Bertz CT molecular complexity index is 649. The summed E-state index contributed by atoms with van der Waals surface area (Å²) in [5.74, 6) is -32.4. The third-order valence-electron chi connectivity index (χ3n) is 3.17. The highest BCUT2D eigenvalue weighted by Crippen LogP contribution is 2.58. The molecule has 1 rings (SSSR count). The molecular weight excluding hydrogens is 400 g/mol. The van der Waals surface area contributed by atoms with E-state index >= 15 is 0 Å². The van der Waals surface area contributed by atoms with Gasteiger partial charge < -0.3 is 0 Å². The number of Topliss-reactive ketones (excluding diaryl/α,β-unsaturated/α-hetero) is 1. The van der Waals surface area contributed by atoms with Crippen LogP contribution in [0.5, 0.6) is 0 Å². The zero-order valence-corrected chi connectivity index (χ0v) is 11.9. The van der Waals surface area contributed by atoms with E-state index < -0.39 is 47.4 Å². The van der Waals surface area contributed by atoms with Gasteiger partial charge in [0.15, 0.2) is 0 Å². The monoisotopic (exact) mass is 406 g/mol. The number of benzene rings is 1. The van der Waals surface area contributed by atoms with Crippen molar-refractivity contribution < 1.29 is 57.5 Å². The number of rotatable bonds is 6. The maximum atomic E-state index is 13.5. The average Bonchev–Trinajstić information content (AvgIpc) is 2.52. The van der Waals surface area contributed by atoms with Crippen LogP contribution in [-0.4, -0.2) is 41.8 Å². The molecule has 0 aliphatic rings. The van der Waals surface area contributed by atoms with Gasteiger partial charge in [0, 0.05) is 5.56 Å². The van der Waals surface area contributed by atoms with E-state index in [2.05, 4.69) is 0 Å². The van der Waals surface area contributed by atoms with Crippen molar-refractivity contribution in [3.8, 4) is 0 Å². The van der Waals surface area contributed by atoms with Crippen LogP contribution in [-0.2, 0) is 0 Å². The van der Waals surface area contributed by atoms with Crippen LogP contribution in [0.2, 0.25) is 0 Å². The molecule has 0 aliphatic carbocycles. The molecular formula is C13H6F12O. The van der Waals surface area contributed by atoms with Crippen molar-refractivity contribution in [2.24, 2.45) is 0 Å². The molecule has 148 valence electrons. The lowest BCUT2D eigenvalue weighted by Gasteiger charge is -2.37. The average molecular weight is 406 g/mol. The summed E-state index contributed by atoms with van der Waals surface area (Å²) in [6.45, 7) is 0. The number of hydrogen-bond donors (Lipinski definition) is 0. The number of hydrogen-bond acceptors (Lipinski definition) is 1. The summed E-state index contributed by atoms with van der Waals surface area (Å²) in [5, 5.41) is 0. The Morgan fingerprint density at radius 3 is 1.50 bits per heavy atom. The molecule has 0 heterocycles. The fraction of sp³-hybridized carbons (Fsp3) is 0.462. The summed E-state index contributed by atoms with van der Waals surface area (Å²) >= 11 is 0. The molecule has 26 heavy (non-hydrogen) atoms. The van der Waals surface area contributed by atoms with E-state index in [0.29, 0.717) is 12.1 Å². The minimum absolute atomic E-state index is 0.603. The van der Waals surface area contributed by atoms with Crippen LogP contribution < -0.4 is 0 Å². The van der Waals surface area contributed by atoms with Crippen LogP contribution >= 0.6 is 0 Å². The van der Waals surface area contributed by atoms with Gasteiger partial charge in [0.1, 0.15) is 0 Å². The summed E-state index contributed by atoms with van der Waals surface area (Å²) in [5.41, 5.74) is -1.03. The minimum atomic E-state index is -7.76. The van der Waals surface area contributed by atoms with E-state index in [-0.39, 0.29) is 0 Å². The minimum Gasteiger partial charge on any atom is -0.291 e. The number of alkyl halides is 12. The molecule has 1 aromatic carbocycles. The Kier molecular flexibility index (Phi) is 5.39. The van der Waals surface area contributed by atoms with Crippen LogP contribution in [0.15, 0.2) is 30.3 Å². The van der Waals surface area contributed by atoms with Crippen molar-refractivity contribution in [3.05, 3.63) is 35.9 Å². The third-order valence-corrected chi connectivity index (χ3v) is 3.17. The second-order valence-corrected chi connectivity index (χ2v) is 4.94. The van der Waals surface area contributed by atoms with Gasteiger partial charge in [-0.15, -0.1) is 0 Å². The van der Waals surface area contributed by atoms with Crippen molar-refractivity contribution >= 4 is 5.78 Å². The Morgan fingerprint density at radius 1 is 0.692 bits per heavy atom. The Labute approximate surface area is 136 Å². The van der Waals surface area contributed by atoms with Crippen LogP contribution in [0.25, 0.3) is 0 Å². The van der Waals surface area contributed by atoms with E-state index in [9.17, 15) is 57.5 Å². The molecule has 1 aromatic rings. The summed E-state index contributed by atoms with van der Waals surface area (Å²) in [7, 11) is 0. The van der Waals surface area contributed by atoms with Gasteiger partial charge in [-0.1, -0.05) is 30.3 Å². The molecule has 0 fully saturated rings. The largest absolute Gasteiger partial charge is 0.460 e. The van der Waals surface area contributed by atoms with Gasteiger partial charge in [-0.2, -0.15) is 48.3 Å². The lowest BCUT2D eigenvalue weighted by Crippen LogP contribution is -2.68. The second kappa shape index (κ2) is 6.34. The fourth-order valence-corrected chi connectivity index (χ4v) is 1.66. The molecule has 0 radical (unpaired) electrons. The standard InChI is InChI=1S/C13H6F12O/c14-8(7(26)6-4-2-1-3-5-6)9(15,16)10(17,18)11(19,20)12(21,22)13(23,24)25/h1-5,8H. The first-order valence-electron chi connectivity index (χ1n) is 6.24. The summed E-state index contributed by atoms with van der Waals surface area (Å²) < 4.78 is 154. The molecule has 0 amide bonds. The smallest absolute Gasteiger partial charge is 0.291 e. The highest BCUT2D eigenvalue weighted by molar-refractivity contribution is 6.00. The number of carbonyl (C=O) groups excluding carboxylic acids is 1. The van der Waals surface area contributed by atoms with Gasteiger partial charge in [0.2, 0.25) is 12.0 Å². The van der Waals surface area contributed by atoms with E-state index in [1.165, 1.54) is 0 Å². The fourth-order valence-electron chi connectivity index (χ4n) is 1.66. The van der Waals surface area contributed by atoms with Crippen molar-refractivity contribution in [2.45, 2.75) is 36.0 Å². The Balaban J connectivity index is 3.37. The molecule has 1 atom stereocenters. The predicted molar refractivity (Wildman–Crippen MR) is 61.5 cm³/mol. The first-order valence-corrected chi connectivity index (χ1v) is 6.24. The van der Waals surface area contributed by atoms with Crippen LogP contribution in [0.3, 0.4) is 0 Å². The maximum absolute atomic E-state index is 13.5. The Morgan fingerprint density at radius 2 is 1.12 bits per heavy atom. The molecule has 0 saturated carbocycles. The number of carbonyl (C=O) groups is 1. The van der Waals surface area contributed by atoms with Gasteiger partial charge >= 0.3 is 29.9 Å². The van der Waals surface area contributed by atoms with Gasteiger partial charge in [-0.05, 0) is 0 Å². The molecule has 0 bridgehead atoms. The lowest BCUT2D eigenvalue weighted by atomic mass is 9.92. The first-order chi connectivity index (χ1) is 11.4. The topological polar surface area (TPSA) is 17.1 Å². The van der Waals surface area contributed by atoms with Gasteiger partial charge in [0.05, 0.1) is 0 Å². The molecule has 13 heteroatoms. The zero-order chi connectivity index (χ0) is 20.8. The molecule has 1 nitrogen and oxygen atoms in total.